The van der Waals surface area contributed by atoms with E-state index in [0.717, 1.165) is 29.3 Å². The predicted molar refractivity (Wildman–Crippen MR) is 122 cm³/mol. The summed E-state index contributed by atoms with van der Waals surface area (Å²) >= 11 is 0. The van der Waals surface area contributed by atoms with Gasteiger partial charge in [0.2, 0.25) is 5.82 Å². The van der Waals surface area contributed by atoms with E-state index in [1.165, 1.54) is 13.1 Å². The Balaban J connectivity index is 0.00000176. The van der Waals surface area contributed by atoms with E-state index < -0.39 is 37.8 Å². The van der Waals surface area contributed by atoms with E-state index >= 15 is 0 Å². The topological polar surface area (TPSA) is 96.2 Å². The van der Waals surface area contributed by atoms with Crippen LogP contribution < -0.4 is 5.73 Å². The van der Waals surface area contributed by atoms with Crippen molar-refractivity contribution in [3.05, 3.63) is 59.8 Å². The summed E-state index contributed by atoms with van der Waals surface area (Å²) in [5.74, 6) is 0.0295. The number of ether oxygens (including phenoxy) is 1. The number of hydrogen-bond donors (Lipinski definition) is 1. The van der Waals surface area contributed by atoms with E-state index in [-0.39, 0.29) is 29.4 Å². The van der Waals surface area contributed by atoms with Crippen molar-refractivity contribution in [2.24, 2.45) is 5.73 Å². The van der Waals surface area contributed by atoms with Crippen LogP contribution >= 0.6 is 0 Å². The van der Waals surface area contributed by atoms with Crippen LogP contribution in [0.3, 0.4) is 0 Å². The largest absolute Gasteiger partial charge is 0.416 e. The Morgan fingerprint density at radius 3 is 2.56 bits per heavy atom. The number of aromatic nitrogens is 3. The van der Waals surface area contributed by atoms with E-state index in [0.29, 0.717) is 5.56 Å². The zero-order valence-corrected chi connectivity index (χ0v) is 19.1. The van der Waals surface area contributed by atoms with Gasteiger partial charge in [0.15, 0.2) is 0 Å². The number of nitrogens with two attached hydrogens (primary N) is 1. The van der Waals surface area contributed by atoms with E-state index in [2.05, 4.69) is 15.9 Å². The summed E-state index contributed by atoms with van der Waals surface area (Å²) in [5.41, 5.74) is 4.56. The molecule has 0 amide bonds. The minimum Gasteiger partial charge on any atom is -0.368 e. The number of carbonyl (C=O) groups is 1. The summed E-state index contributed by atoms with van der Waals surface area (Å²) in [7, 11) is 1.50. The van der Waals surface area contributed by atoms with Gasteiger partial charge >= 0.3 is 6.18 Å². The van der Waals surface area contributed by atoms with E-state index in [9.17, 15) is 26.7 Å². The summed E-state index contributed by atoms with van der Waals surface area (Å²) in [6, 6.07) is 10.4. The molecule has 0 unspecified atom stereocenters. The van der Waals surface area contributed by atoms with Crippen LogP contribution in [0.2, 0.25) is 0 Å². The van der Waals surface area contributed by atoms with E-state index in [1.807, 2.05) is 6.07 Å². The lowest BCUT2D eigenvalue weighted by atomic mass is 10.0. The molecule has 0 atom stereocenters. The molecular formula is C24H23F5N4O3. The first-order valence-corrected chi connectivity index (χ1v) is 10.7. The van der Waals surface area contributed by atoms with E-state index in [1.54, 1.807) is 29.0 Å². The molecule has 7 nitrogen and oxygen atoms in total. The Kier molecular flexibility index (Phi) is 8.88. The molecule has 0 fully saturated rings. The summed E-state index contributed by atoms with van der Waals surface area (Å²) < 4.78 is 78.1. The number of fused-ring (bicyclic) bond motifs is 1. The van der Waals surface area contributed by atoms with Crippen molar-refractivity contribution >= 4 is 17.2 Å². The van der Waals surface area contributed by atoms with Crippen LogP contribution in [0.5, 0.6) is 0 Å². The number of carbonyl (C=O) groups excluding carboxylic acids is 1. The third kappa shape index (κ3) is 5.77. The molecule has 0 aliphatic rings. The predicted octanol–water partition coefficient (Wildman–Crippen LogP) is 4.98. The van der Waals surface area contributed by atoms with Gasteiger partial charge in [0.1, 0.15) is 25.7 Å². The maximum Gasteiger partial charge on any atom is 0.416 e. The first-order chi connectivity index (χ1) is 17.4. The van der Waals surface area contributed by atoms with Crippen molar-refractivity contribution in [2.75, 3.05) is 20.4 Å². The molecular weight excluding hydrogens is 487 g/mol. The molecule has 12 heteroatoms. The van der Waals surface area contributed by atoms with Gasteiger partial charge in [-0.2, -0.15) is 18.2 Å². The smallest absolute Gasteiger partial charge is 0.368 e. The van der Waals surface area contributed by atoms with Gasteiger partial charge in [0.25, 0.3) is 5.89 Å². The second-order valence-corrected chi connectivity index (χ2v) is 7.41. The fraction of sp³-hybridized carbons (Fsp3) is 0.292. The van der Waals surface area contributed by atoms with Gasteiger partial charge in [-0.15, -0.1) is 0 Å². The first-order valence-electron chi connectivity index (χ1n) is 10.7. The minimum atomic E-state index is -4.74. The zero-order chi connectivity index (χ0) is 26.3. The highest BCUT2D eigenvalue weighted by molar-refractivity contribution is 5.94. The highest BCUT2D eigenvalue weighted by Gasteiger charge is 2.34. The number of hydrogen-bond acceptors (Lipinski definition) is 6. The lowest BCUT2D eigenvalue weighted by Gasteiger charge is -2.16. The second kappa shape index (κ2) is 11.9. The maximum absolute atomic E-state index is 13.6. The van der Waals surface area contributed by atoms with Crippen molar-refractivity contribution in [2.45, 2.75) is 25.4 Å². The highest BCUT2D eigenvalue weighted by atomic mass is 19.4. The second-order valence-electron chi connectivity index (χ2n) is 7.41. The van der Waals surface area contributed by atoms with E-state index in [4.69, 9.17) is 9.26 Å². The van der Waals surface area contributed by atoms with Crippen LogP contribution in [0.1, 0.15) is 11.1 Å². The van der Waals surface area contributed by atoms with Gasteiger partial charge in [-0.25, -0.2) is 8.78 Å². The third-order valence-electron chi connectivity index (χ3n) is 5.23. The van der Waals surface area contributed by atoms with Crippen molar-refractivity contribution in [3.63, 3.8) is 0 Å². The Morgan fingerprint density at radius 1 is 1.14 bits per heavy atom. The molecule has 0 saturated heterocycles. The Morgan fingerprint density at radius 2 is 1.89 bits per heavy atom. The molecule has 0 spiro atoms. The van der Waals surface area contributed by atoms with Gasteiger partial charge in [-0.3, -0.25) is 0 Å². The van der Waals surface area contributed by atoms with Gasteiger partial charge in [0, 0.05) is 28.2 Å². The lowest BCUT2D eigenvalue weighted by molar-refractivity contribution is -0.139. The molecule has 0 aliphatic heterocycles. The van der Waals surface area contributed by atoms with Crippen LogP contribution in [-0.4, -0.2) is 47.5 Å². The number of rotatable bonds is 9. The zero-order valence-electron chi connectivity index (χ0n) is 19.1. The molecule has 192 valence electrons. The number of halogens is 5. The average molecular weight is 510 g/mol. The number of benzene rings is 2. The van der Waals surface area contributed by atoms with Crippen LogP contribution in [0.4, 0.5) is 22.0 Å². The summed E-state index contributed by atoms with van der Waals surface area (Å²) in [5, 5.41) is 4.66. The van der Waals surface area contributed by atoms with Gasteiger partial charge in [-0.1, -0.05) is 23.4 Å². The quantitative estimate of drug-likeness (QED) is 0.252. The van der Waals surface area contributed by atoms with Crippen LogP contribution in [-0.2, 0) is 28.9 Å². The van der Waals surface area contributed by atoms with Crippen LogP contribution in [0.15, 0.2) is 53.2 Å². The van der Waals surface area contributed by atoms with Gasteiger partial charge < -0.3 is 24.4 Å². The molecule has 36 heavy (non-hydrogen) atoms. The standard InChI is InChI=1S/C23H18F5N3O3.CH5N/c24-11-16(12-25)33-13-15-5-4-14(10-19(15)23(26,27)28)22-29-21(30-34-22)18-2-1-3-20-17(18)6-7-31(20)8-9-32;1-2/h1-7,9-10,16H,8,11-13H2;2H2,1H3. The summed E-state index contributed by atoms with van der Waals surface area (Å²) in [4.78, 5) is 15.1. The molecule has 4 rings (SSSR count). The monoisotopic (exact) mass is 510 g/mol. The molecule has 0 radical (unpaired) electrons. The Labute approximate surface area is 202 Å². The Bertz CT molecular complexity index is 1300. The minimum absolute atomic E-state index is 0.0214. The van der Waals surface area contributed by atoms with Gasteiger partial charge in [0.05, 0.1) is 18.7 Å². The molecule has 2 aromatic carbocycles. The molecule has 0 aliphatic carbocycles. The summed E-state index contributed by atoms with van der Waals surface area (Å²) in [6.07, 6.45) is -3.67. The fourth-order valence-electron chi connectivity index (χ4n) is 3.55. The van der Waals surface area contributed by atoms with Crippen molar-refractivity contribution < 1.29 is 36.0 Å². The van der Waals surface area contributed by atoms with Crippen molar-refractivity contribution in [3.8, 4) is 22.8 Å². The molecule has 2 heterocycles. The number of alkyl halides is 5. The van der Waals surface area contributed by atoms with Crippen LogP contribution in [0.25, 0.3) is 33.7 Å². The highest BCUT2D eigenvalue weighted by Crippen LogP contribution is 2.36. The van der Waals surface area contributed by atoms with Crippen molar-refractivity contribution in [1.29, 1.82) is 0 Å². The molecule has 4 aromatic rings. The fourth-order valence-corrected chi connectivity index (χ4v) is 3.55. The first kappa shape index (κ1) is 27.0. The van der Waals surface area contributed by atoms with Crippen LogP contribution in [0, 0.1) is 0 Å². The number of nitrogens with zero attached hydrogens (tertiary/aromatic N) is 3. The SMILES string of the molecule is CN.O=CCn1ccc2c(-c3noc(-c4ccc(COC(CF)CF)c(C(F)(F)F)c4)n3)cccc21. The molecule has 2 N–H and O–H groups in total. The normalized spacial score (nSPS) is 11.6. The summed E-state index contributed by atoms with van der Waals surface area (Å²) in [6.45, 7) is -2.74. The van der Waals surface area contributed by atoms with Gasteiger partial charge in [-0.05, 0) is 36.9 Å². The molecule has 2 aromatic heterocycles. The lowest BCUT2D eigenvalue weighted by Crippen LogP contribution is -2.19. The maximum atomic E-state index is 13.6. The Hall–Kier alpha value is -3.64. The molecule has 0 bridgehead atoms. The average Bonchev–Trinajstić information content (AvgIpc) is 3.53. The number of aldehydes is 1. The third-order valence-corrected chi connectivity index (χ3v) is 5.23. The van der Waals surface area contributed by atoms with Crippen molar-refractivity contribution in [1.82, 2.24) is 14.7 Å². The molecule has 0 saturated carbocycles.